The number of fused-ring (bicyclic) bond motifs is 2. The highest BCUT2D eigenvalue weighted by Gasteiger charge is 2.41. The van der Waals surface area contributed by atoms with E-state index in [0.29, 0.717) is 18.4 Å². The Kier molecular flexibility index (Phi) is 4.08. The lowest BCUT2D eigenvalue weighted by Gasteiger charge is -2.35. The summed E-state index contributed by atoms with van der Waals surface area (Å²) in [5, 5.41) is 16.7. The summed E-state index contributed by atoms with van der Waals surface area (Å²) < 4.78 is 0. The first-order valence-corrected chi connectivity index (χ1v) is 10.1. The average Bonchev–Trinajstić information content (AvgIpc) is 3.35. The summed E-state index contributed by atoms with van der Waals surface area (Å²) in [7, 11) is 0. The zero-order chi connectivity index (χ0) is 17.7. The number of halogens is 1. The minimum atomic E-state index is 0.0239. The Morgan fingerprint density at radius 3 is 3.12 bits per heavy atom. The highest BCUT2D eigenvalue weighted by Crippen LogP contribution is 2.38. The lowest BCUT2D eigenvalue weighted by atomic mass is 9.82. The topological polar surface area (TPSA) is 91.0 Å². The molecule has 4 N–H and O–H groups in total. The maximum Gasteiger partial charge on any atom is 0.228 e. The molecule has 9 heteroatoms. The zero-order valence-corrected chi connectivity index (χ0v) is 15.5. The minimum Gasteiger partial charge on any atom is -0.356 e. The summed E-state index contributed by atoms with van der Waals surface area (Å²) in [6.45, 7) is 0.897. The molecule has 2 aliphatic heterocycles. The molecule has 7 nitrogen and oxygen atoms in total. The number of carbonyl (C=O) groups is 1. The third kappa shape index (κ3) is 2.77. The van der Waals surface area contributed by atoms with Crippen molar-refractivity contribution >= 4 is 39.7 Å². The van der Waals surface area contributed by atoms with Gasteiger partial charge < -0.3 is 10.6 Å². The summed E-state index contributed by atoms with van der Waals surface area (Å²) >= 11 is 8.22. The first-order valence-electron chi connectivity index (χ1n) is 8.83. The summed E-state index contributed by atoms with van der Waals surface area (Å²) in [4.78, 5) is 11.7. The zero-order valence-electron chi connectivity index (χ0n) is 14.0. The van der Waals surface area contributed by atoms with Crippen LogP contribution in [-0.4, -0.2) is 40.1 Å². The number of para-hydroxylation sites is 1. The Morgan fingerprint density at radius 2 is 2.19 bits per heavy atom. The Bertz CT molecular complexity index is 858. The van der Waals surface area contributed by atoms with Crippen LogP contribution in [0.3, 0.4) is 0 Å². The van der Waals surface area contributed by atoms with E-state index in [2.05, 4.69) is 31.7 Å². The summed E-state index contributed by atoms with van der Waals surface area (Å²) in [5.41, 5.74) is 9.31. The van der Waals surface area contributed by atoms with Crippen LogP contribution in [-0.2, 0) is 11.2 Å². The molecule has 1 amide bonds. The molecule has 4 unspecified atom stereocenters. The van der Waals surface area contributed by atoms with Gasteiger partial charge in [0.05, 0.1) is 17.5 Å². The van der Waals surface area contributed by atoms with Crippen LogP contribution in [0, 0.1) is 5.92 Å². The van der Waals surface area contributed by atoms with Crippen LogP contribution in [0.4, 0.5) is 10.8 Å². The normalized spacial score (nSPS) is 30.0. The van der Waals surface area contributed by atoms with Crippen molar-refractivity contribution in [2.24, 2.45) is 5.92 Å². The van der Waals surface area contributed by atoms with Crippen LogP contribution in [0.25, 0.3) is 10.6 Å². The molecule has 1 aromatic carbocycles. The number of anilines is 2. The van der Waals surface area contributed by atoms with Gasteiger partial charge in [-0.3, -0.25) is 15.6 Å². The fourth-order valence-corrected chi connectivity index (χ4v) is 5.42. The van der Waals surface area contributed by atoms with Crippen LogP contribution >= 0.6 is 22.9 Å². The quantitative estimate of drug-likeness (QED) is 0.599. The predicted octanol–water partition coefficient (Wildman–Crippen LogP) is 1.97. The summed E-state index contributed by atoms with van der Waals surface area (Å²) in [6.07, 6.45) is 2.51. The maximum atomic E-state index is 11.7. The second-order valence-electron chi connectivity index (χ2n) is 7.05. The molecule has 0 radical (unpaired) electrons. The molecule has 136 valence electrons. The van der Waals surface area contributed by atoms with E-state index in [1.807, 2.05) is 18.2 Å². The molecule has 0 spiro atoms. The van der Waals surface area contributed by atoms with Crippen LogP contribution in [0.2, 0.25) is 0 Å². The third-order valence-electron chi connectivity index (χ3n) is 5.45. The van der Waals surface area contributed by atoms with Gasteiger partial charge in [-0.2, -0.15) is 0 Å². The fraction of sp³-hybridized carbons (Fsp3) is 0.471. The number of hydrazine groups is 1. The highest BCUT2D eigenvalue weighted by molar-refractivity contribution is 7.18. The number of hydrogen-bond acceptors (Lipinski definition) is 7. The van der Waals surface area contributed by atoms with Gasteiger partial charge in [-0.15, -0.1) is 21.8 Å². The Balaban J connectivity index is 1.35. The number of alkyl halides is 1. The molecule has 1 aromatic heterocycles. The van der Waals surface area contributed by atoms with E-state index in [4.69, 9.17) is 11.6 Å². The number of nitrogens with one attached hydrogen (secondary N) is 4. The van der Waals surface area contributed by atoms with E-state index >= 15 is 0 Å². The largest absolute Gasteiger partial charge is 0.356 e. The van der Waals surface area contributed by atoms with Gasteiger partial charge in [0.25, 0.3) is 0 Å². The van der Waals surface area contributed by atoms with E-state index < -0.39 is 0 Å². The van der Waals surface area contributed by atoms with E-state index in [1.54, 1.807) is 0 Å². The number of nitrogens with zero attached hydrogens (tertiary/aromatic N) is 2. The molecular weight excluding hydrogens is 372 g/mol. The van der Waals surface area contributed by atoms with Crippen molar-refractivity contribution in [3.63, 3.8) is 0 Å². The first kappa shape index (κ1) is 16.4. The second kappa shape index (κ2) is 6.45. The lowest BCUT2D eigenvalue weighted by Crippen LogP contribution is -2.47. The predicted molar refractivity (Wildman–Crippen MR) is 102 cm³/mol. The smallest absolute Gasteiger partial charge is 0.228 e. The van der Waals surface area contributed by atoms with Gasteiger partial charge in [-0.25, -0.2) is 0 Å². The Morgan fingerprint density at radius 1 is 1.27 bits per heavy atom. The molecular formula is C17H19ClN6OS. The molecule has 26 heavy (non-hydrogen) atoms. The molecule has 1 aliphatic carbocycles. The van der Waals surface area contributed by atoms with Gasteiger partial charge in [-0.1, -0.05) is 23.5 Å². The molecule has 0 bridgehead atoms. The van der Waals surface area contributed by atoms with Gasteiger partial charge >= 0.3 is 0 Å². The summed E-state index contributed by atoms with van der Waals surface area (Å²) in [6, 6.07) is 6.54. The number of hydrogen-bond donors (Lipinski definition) is 4. The molecule has 2 aromatic rings. The minimum absolute atomic E-state index is 0.0239. The lowest BCUT2D eigenvalue weighted by molar-refractivity contribution is -0.115. The molecule has 3 aliphatic rings. The van der Waals surface area contributed by atoms with Crippen LogP contribution in [0.15, 0.2) is 18.2 Å². The van der Waals surface area contributed by atoms with Crippen molar-refractivity contribution in [3.05, 3.63) is 23.8 Å². The van der Waals surface area contributed by atoms with Gasteiger partial charge in [-0.05, 0) is 24.5 Å². The van der Waals surface area contributed by atoms with Crippen molar-refractivity contribution in [1.82, 2.24) is 21.0 Å². The second-order valence-corrected chi connectivity index (χ2v) is 8.53. The molecule has 4 atom stereocenters. The van der Waals surface area contributed by atoms with Crippen LogP contribution in [0.5, 0.6) is 0 Å². The van der Waals surface area contributed by atoms with Crippen LogP contribution < -0.4 is 21.5 Å². The molecule has 1 saturated carbocycles. The summed E-state index contributed by atoms with van der Waals surface area (Å²) in [5.74, 6) is 0.443. The van der Waals surface area contributed by atoms with Crippen molar-refractivity contribution in [2.45, 2.75) is 36.7 Å². The monoisotopic (exact) mass is 390 g/mol. The molecule has 1 saturated heterocycles. The standard InChI is InChI=1S/C17H19ClN6OS/c18-14-10-7-19-22-11(10)4-5-12(14)20-17-24-23-16(26-17)9-3-1-2-8-6-13(25)21-15(8)9/h1-3,10-12,14,19,22H,4-7H2,(H,20,24)(H,21,25). The molecule has 3 heterocycles. The first-order chi connectivity index (χ1) is 12.7. The maximum absolute atomic E-state index is 11.7. The third-order valence-corrected chi connectivity index (χ3v) is 6.97. The molecule has 2 fully saturated rings. The van der Waals surface area contributed by atoms with Crippen LogP contribution in [0.1, 0.15) is 18.4 Å². The number of amides is 1. The van der Waals surface area contributed by atoms with Gasteiger partial charge in [0.1, 0.15) is 0 Å². The van der Waals surface area contributed by atoms with E-state index in [9.17, 15) is 4.79 Å². The number of aromatic nitrogens is 2. The van der Waals surface area contributed by atoms with Crippen molar-refractivity contribution in [2.75, 3.05) is 17.2 Å². The Labute approximate surface area is 159 Å². The number of rotatable bonds is 3. The van der Waals surface area contributed by atoms with Crippen molar-refractivity contribution in [3.8, 4) is 10.6 Å². The van der Waals surface area contributed by atoms with E-state index in [0.717, 1.165) is 46.3 Å². The fourth-order valence-electron chi connectivity index (χ4n) is 4.13. The molecule has 5 rings (SSSR count). The average molecular weight is 391 g/mol. The van der Waals surface area contributed by atoms with E-state index in [1.165, 1.54) is 11.3 Å². The van der Waals surface area contributed by atoms with E-state index in [-0.39, 0.29) is 17.3 Å². The van der Waals surface area contributed by atoms with Gasteiger partial charge in [0.15, 0.2) is 5.01 Å². The number of carbonyl (C=O) groups excluding carboxylic acids is 1. The highest BCUT2D eigenvalue weighted by atomic mass is 35.5. The number of benzene rings is 1. The Hall–Kier alpha value is -1.74. The van der Waals surface area contributed by atoms with Crippen molar-refractivity contribution in [1.29, 1.82) is 0 Å². The van der Waals surface area contributed by atoms with Gasteiger partial charge in [0.2, 0.25) is 11.0 Å². The SMILES string of the molecule is O=C1Cc2cccc(-c3nnc(NC4CCC5NNCC5C4Cl)s3)c2N1. The van der Waals surface area contributed by atoms with Gasteiger partial charge in [0, 0.05) is 30.1 Å². The van der Waals surface area contributed by atoms with Crippen molar-refractivity contribution < 1.29 is 4.79 Å².